The Morgan fingerprint density at radius 3 is 2.08 bits per heavy atom. The number of carbonyl (C=O) groups excluding carboxylic acids is 3. The van der Waals surface area contributed by atoms with E-state index < -0.39 is 23.4 Å². The van der Waals surface area contributed by atoms with Gasteiger partial charge in [0.2, 0.25) is 11.3 Å². The molecule has 0 N–H and O–H groups in total. The number of hydrogen-bond acceptors (Lipinski definition) is 6. The van der Waals surface area contributed by atoms with Gasteiger partial charge in [0.1, 0.15) is 6.04 Å². The van der Waals surface area contributed by atoms with Crippen LogP contribution in [-0.4, -0.2) is 73.6 Å². The van der Waals surface area contributed by atoms with Crippen molar-refractivity contribution < 1.29 is 23.9 Å². The van der Waals surface area contributed by atoms with Crippen molar-refractivity contribution in [1.29, 1.82) is 0 Å². The van der Waals surface area contributed by atoms with Gasteiger partial charge in [0, 0.05) is 19.6 Å². The van der Waals surface area contributed by atoms with Crippen molar-refractivity contribution >= 4 is 17.8 Å². The molecule has 7 nitrogen and oxygen atoms in total. The van der Waals surface area contributed by atoms with Gasteiger partial charge in [0.15, 0.2) is 0 Å². The number of piperidine rings is 1. The van der Waals surface area contributed by atoms with Crippen LogP contribution in [0.25, 0.3) is 0 Å². The topological polar surface area (TPSA) is 76.2 Å². The third-order valence-corrected chi connectivity index (χ3v) is 4.95. The van der Waals surface area contributed by atoms with Gasteiger partial charge in [-0.25, -0.2) is 0 Å². The van der Waals surface area contributed by atoms with Crippen LogP contribution in [0.4, 0.5) is 0 Å². The van der Waals surface area contributed by atoms with Gasteiger partial charge in [-0.1, -0.05) is 6.58 Å². The van der Waals surface area contributed by atoms with Crippen LogP contribution >= 0.6 is 0 Å². The van der Waals surface area contributed by atoms with Gasteiger partial charge in [0.05, 0.1) is 13.2 Å². The molecule has 2 aliphatic rings. The van der Waals surface area contributed by atoms with E-state index in [0.29, 0.717) is 18.7 Å². The van der Waals surface area contributed by atoms with E-state index >= 15 is 0 Å². The number of carbonyl (C=O) groups is 3. The largest absolute Gasteiger partial charge is 0.465 e. The van der Waals surface area contributed by atoms with Crippen molar-refractivity contribution in [3.8, 4) is 0 Å². The summed E-state index contributed by atoms with van der Waals surface area (Å²) >= 11 is 0. The summed E-state index contributed by atoms with van der Waals surface area (Å²) in [5, 5.41) is 0. The smallest absolute Gasteiger partial charge is 0.329 e. The van der Waals surface area contributed by atoms with E-state index in [1.54, 1.807) is 30.7 Å². The van der Waals surface area contributed by atoms with E-state index in [1.807, 2.05) is 0 Å². The summed E-state index contributed by atoms with van der Waals surface area (Å²) in [6.07, 6.45) is 2.93. The molecule has 2 fully saturated rings. The summed E-state index contributed by atoms with van der Waals surface area (Å²) in [6.45, 7) is 9.02. The lowest BCUT2D eigenvalue weighted by Gasteiger charge is -2.37. The fourth-order valence-electron chi connectivity index (χ4n) is 3.79. The Kier molecular flexibility index (Phi) is 6.21. The molecule has 2 rings (SSSR count). The van der Waals surface area contributed by atoms with E-state index in [2.05, 4.69) is 6.58 Å². The fraction of sp³-hybridized carbons (Fsp3) is 0.722. The first-order chi connectivity index (χ1) is 11.9. The van der Waals surface area contributed by atoms with Crippen molar-refractivity contribution in [3.63, 3.8) is 0 Å². The molecule has 140 valence electrons. The zero-order valence-electron chi connectivity index (χ0n) is 15.4. The van der Waals surface area contributed by atoms with Crippen LogP contribution < -0.4 is 0 Å². The van der Waals surface area contributed by atoms with Crippen molar-refractivity contribution in [2.75, 3.05) is 39.9 Å². The Balaban J connectivity index is 2.47. The molecule has 0 aromatic heterocycles. The first-order valence-electron chi connectivity index (χ1n) is 8.92. The molecule has 2 heterocycles. The van der Waals surface area contributed by atoms with Crippen molar-refractivity contribution in [2.45, 2.75) is 39.2 Å². The Labute approximate surface area is 148 Å². The summed E-state index contributed by atoms with van der Waals surface area (Å²) < 4.78 is 10.4. The zero-order valence-corrected chi connectivity index (χ0v) is 15.4. The molecule has 0 aromatic rings. The number of likely N-dealkylation sites (N-methyl/N-ethyl adjacent to an activating group) is 1. The average molecular weight is 352 g/mol. The van der Waals surface area contributed by atoms with Crippen molar-refractivity contribution in [1.82, 2.24) is 9.80 Å². The predicted molar refractivity (Wildman–Crippen MR) is 91.7 cm³/mol. The maximum Gasteiger partial charge on any atom is 0.329 e. The third-order valence-electron chi connectivity index (χ3n) is 4.95. The minimum atomic E-state index is -1.80. The van der Waals surface area contributed by atoms with Gasteiger partial charge in [0.25, 0.3) is 0 Å². The first-order valence-corrected chi connectivity index (χ1v) is 8.92. The predicted octanol–water partition coefficient (Wildman–Crippen LogP) is 0.982. The molecular formula is C18H28N2O5. The Morgan fingerprint density at radius 2 is 1.60 bits per heavy atom. The molecule has 2 saturated heterocycles. The maximum absolute atomic E-state index is 13.2. The normalized spacial score (nSPS) is 23.4. The minimum absolute atomic E-state index is 0.113. The number of esters is 2. The minimum Gasteiger partial charge on any atom is -0.465 e. The lowest BCUT2D eigenvalue weighted by atomic mass is 9.76. The quantitative estimate of drug-likeness (QED) is 0.417. The highest BCUT2D eigenvalue weighted by molar-refractivity contribution is 6.10. The second kappa shape index (κ2) is 7.99. The van der Waals surface area contributed by atoms with Gasteiger partial charge >= 0.3 is 11.9 Å². The van der Waals surface area contributed by atoms with Gasteiger partial charge < -0.3 is 14.4 Å². The molecule has 1 atom stereocenters. The average Bonchev–Trinajstić information content (AvgIpc) is 2.86. The van der Waals surface area contributed by atoms with Crippen LogP contribution in [0.1, 0.15) is 33.1 Å². The molecule has 0 radical (unpaired) electrons. The van der Waals surface area contributed by atoms with Crippen LogP contribution in [0.5, 0.6) is 0 Å². The van der Waals surface area contributed by atoms with Crippen molar-refractivity contribution in [3.05, 3.63) is 12.2 Å². The molecule has 2 aliphatic heterocycles. The van der Waals surface area contributed by atoms with Crippen LogP contribution in [0.2, 0.25) is 0 Å². The van der Waals surface area contributed by atoms with Crippen LogP contribution in [0.3, 0.4) is 0 Å². The second-order valence-electron chi connectivity index (χ2n) is 6.56. The van der Waals surface area contributed by atoms with Crippen LogP contribution in [0.15, 0.2) is 12.2 Å². The van der Waals surface area contributed by atoms with E-state index in [1.165, 1.54) is 0 Å². The number of likely N-dealkylation sites (tertiary alicyclic amines) is 2. The van der Waals surface area contributed by atoms with E-state index in [0.717, 1.165) is 19.3 Å². The maximum atomic E-state index is 13.2. The third kappa shape index (κ3) is 3.29. The van der Waals surface area contributed by atoms with Crippen LogP contribution in [0, 0.1) is 5.41 Å². The second-order valence-corrected chi connectivity index (χ2v) is 6.56. The zero-order chi connectivity index (χ0) is 18.6. The van der Waals surface area contributed by atoms with Gasteiger partial charge in [-0.3, -0.25) is 19.3 Å². The molecule has 1 unspecified atom stereocenters. The van der Waals surface area contributed by atoms with E-state index in [-0.39, 0.29) is 25.7 Å². The van der Waals surface area contributed by atoms with E-state index in [4.69, 9.17) is 9.47 Å². The van der Waals surface area contributed by atoms with Gasteiger partial charge in [-0.15, -0.1) is 0 Å². The summed E-state index contributed by atoms with van der Waals surface area (Å²) in [4.78, 5) is 42.4. The fourth-order valence-corrected chi connectivity index (χ4v) is 3.79. The number of amides is 1. The summed E-state index contributed by atoms with van der Waals surface area (Å²) in [6, 6.07) is -0.976. The Bertz CT molecular complexity index is 536. The molecule has 25 heavy (non-hydrogen) atoms. The Morgan fingerprint density at radius 1 is 1.08 bits per heavy atom. The molecule has 1 amide bonds. The van der Waals surface area contributed by atoms with Crippen LogP contribution in [-0.2, 0) is 23.9 Å². The highest BCUT2D eigenvalue weighted by atomic mass is 16.6. The summed E-state index contributed by atoms with van der Waals surface area (Å²) in [5.41, 5.74) is -1.45. The number of ether oxygens (including phenoxy) is 2. The number of rotatable bonds is 5. The first kappa shape index (κ1) is 19.4. The molecular weight excluding hydrogens is 324 g/mol. The molecule has 0 spiro atoms. The Hall–Kier alpha value is -1.89. The molecule has 0 aliphatic carbocycles. The molecule has 7 heteroatoms. The molecule has 0 bridgehead atoms. The van der Waals surface area contributed by atoms with Gasteiger partial charge in [-0.05, 0) is 45.7 Å². The van der Waals surface area contributed by atoms with E-state index in [9.17, 15) is 14.4 Å². The molecule has 0 aromatic carbocycles. The standard InChI is InChI=1S/C18H28N2O5/c1-5-24-16(22)18(17(23)25-6-2)13(3)12-19(4)14(18)15(21)20-10-8-7-9-11-20/h14H,3,5-12H2,1-2,4H3. The number of hydrogen-bond donors (Lipinski definition) is 0. The monoisotopic (exact) mass is 352 g/mol. The van der Waals surface area contributed by atoms with Crippen molar-refractivity contribution in [2.24, 2.45) is 5.41 Å². The molecule has 0 saturated carbocycles. The highest BCUT2D eigenvalue weighted by Gasteiger charge is 2.65. The SMILES string of the molecule is C=C1CN(C)C(C(=O)N2CCCCC2)C1(C(=O)OCC)C(=O)OCC. The van der Waals surface area contributed by atoms with Gasteiger partial charge in [-0.2, -0.15) is 0 Å². The lowest BCUT2D eigenvalue weighted by molar-refractivity contribution is -0.174. The summed E-state index contributed by atoms with van der Waals surface area (Å²) in [5.74, 6) is -1.74. The number of nitrogens with zero attached hydrogens (tertiary/aromatic N) is 2. The highest BCUT2D eigenvalue weighted by Crippen LogP contribution is 2.43. The lowest BCUT2D eigenvalue weighted by Crippen LogP contribution is -2.59. The summed E-state index contributed by atoms with van der Waals surface area (Å²) in [7, 11) is 1.72.